The normalized spacial score (nSPS) is 19.1. The highest BCUT2D eigenvalue weighted by molar-refractivity contribution is 7.09. The Balaban J connectivity index is 1.24. The van der Waals surface area contributed by atoms with Gasteiger partial charge in [0.1, 0.15) is 18.6 Å². The summed E-state index contributed by atoms with van der Waals surface area (Å²) in [6.45, 7) is 4.35. The van der Waals surface area contributed by atoms with Crippen molar-refractivity contribution in [2.75, 3.05) is 25.0 Å². The first-order chi connectivity index (χ1) is 18.0. The number of hydrogen-bond acceptors (Lipinski definition) is 7. The molecular formula is C28H32N4O4S. The lowest BCUT2D eigenvalue weighted by Crippen LogP contribution is -2.52. The number of nitrogens with one attached hydrogen (secondary N) is 2. The van der Waals surface area contributed by atoms with E-state index >= 15 is 0 Å². The van der Waals surface area contributed by atoms with Gasteiger partial charge in [0, 0.05) is 23.2 Å². The number of benzene rings is 1. The standard InChI is InChI=1S/C28H32N4O4S/c1-19-29-24(18-37-19)20-9-11-22(12-10-20)30-28(34)31-23(15-32-13-5-6-14-32)27(33)26-17-35-16-25(36-26)21-7-3-2-4-8-21/h2-3,7,9-12,16-18,23,27,33H,4-6,8,13-15H2,1H3,(H2,30,31,34)/t23-,27-/m1/s1. The van der Waals surface area contributed by atoms with Gasteiger partial charge in [-0.1, -0.05) is 30.4 Å². The van der Waals surface area contributed by atoms with E-state index in [4.69, 9.17) is 9.47 Å². The topological polar surface area (TPSA) is 96.0 Å². The number of aromatic nitrogens is 1. The van der Waals surface area contributed by atoms with Gasteiger partial charge in [-0.2, -0.15) is 0 Å². The van der Waals surface area contributed by atoms with Gasteiger partial charge in [-0.15, -0.1) is 11.3 Å². The lowest BCUT2D eigenvalue weighted by Gasteiger charge is -2.30. The fourth-order valence-corrected chi connectivity index (χ4v) is 5.26. The molecule has 2 aliphatic heterocycles. The predicted molar refractivity (Wildman–Crippen MR) is 145 cm³/mol. The molecule has 2 atom stereocenters. The number of urea groups is 1. The Labute approximate surface area is 221 Å². The van der Waals surface area contributed by atoms with E-state index in [0.29, 0.717) is 18.0 Å². The SMILES string of the molecule is Cc1nc(-c2ccc(NC(=O)N[C@H](CN3CCCC3)[C@@H](O)C3=COC=C(C4=CC=CCC4)O3)cc2)cs1. The summed E-state index contributed by atoms with van der Waals surface area (Å²) in [6, 6.07) is 6.57. The molecule has 3 aliphatic rings. The largest absolute Gasteiger partial charge is 0.465 e. The van der Waals surface area contributed by atoms with Crippen LogP contribution in [-0.4, -0.2) is 52.8 Å². The van der Waals surface area contributed by atoms with E-state index in [2.05, 4.69) is 26.6 Å². The number of carbonyl (C=O) groups excluding carboxylic acids is 1. The summed E-state index contributed by atoms with van der Waals surface area (Å²) >= 11 is 1.60. The molecule has 3 heterocycles. The van der Waals surface area contributed by atoms with E-state index in [0.717, 1.165) is 60.6 Å². The molecule has 8 nitrogen and oxygen atoms in total. The molecule has 0 spiro atoms. The van der Waals surface area contributed by atoms with E-state index < -0.39 is 18.2 Å². The van der Waals surface area contributed by atoms with Crippen LogP contribution in [0.25, 0.3) is 11.3 Å². The molecule has 1 aromatic carbocycles. The van der Waals surface area contributed by atoms with Gasteiger partial charge in [0.15, 0.2) is 11.5 Å². The van der Waals surface area contributed by atoms with Crippen molar-refractivity contribution in [2.45, 2.75) is 44.8 Å². The first-order valence-corrected chi connectivity index (χ1v) is 13.5. The number of aliphatic hydroxyl groups excluding tert-OH is 1. The fraction of sp³-hybridized carbons (Fsp3) is 0.357. The van der Waals surface area contributed by atoms with Crippen molar-refractivity contribution in [3.8, 4) is 11.3 Å². The highest BCUT2D eigenvalue weighted by Gasteiger charge is 2.31. The quantitative estimate of drug-likeness (QED) is 0.450. The lowest BCUT2D eigenvalue weighted by molar-refractivity contribution is 0.0750. The molecule has 2 amide bonds. The number of nitrogens with zero attached hydrogens (tertiary/aromatic N) is 2. The third kappa shape index (κ3) is 6.49. The first kappa shape index (κ1) is 25.3. The number of aliphatic hydroxyl groups is 1. The highest BCUT2D eigenvalue weighted by atomic mass is 32.1. The maximum atomic E-state index is 13.0. The summed E-state index contributed by atoms with van der Waals surface area (Å²) < 4.78 is 11.6. The van der Waals surface area contributed by atoms with Crippen molar-refractivity contribution in [3.63, 3.8) is 0 Å². The number of anilines is 1. The Morgan fingerprint density at radius 2 is 2.03 bits per heavy atom. The monoisotopic (exact) mass is 520 g/mol. The molecule has 37 heavy (non-hydrogen) atoms. The zero-order valence-corrected chi connectivity index (χ0v) is 21.7. The number of likely N-dealkylation sites (tertiary alicyclic amines) is 1. The molecule has 1 saturated heterocycles. The molecule has 0 saturated carbocycles. The maximum Gasteiger partial charge on any atom is 0.319 e. The van der Waals surface area contributed by atoms with Gasteiger partial charge < -0.3 is 30.1 Å². The number of thiazole rings is 1. The van der Waals surface area contributed by atoms with Crippen LogP contribution in [0.4, 0.5) is 10.5 Å². The number of allylic oxidation sites excluding steroid dienone is 4. The maximum absolute atomic E-state index is 13.0. The molecule has 5 rings (SSSR count). The van der Waals surface area contributed by atoms with Crippen LogP contribution < -0.4 is 10.6 Å². The Bertz CT molecular complexity index is 1230. The average molecular weight is 521 g/mol. The molecule has 0 unspecified atom stereocenters. The van der Waals surface area contributed by atoms with E-state index in [9.17, 15) is 9.90 Å². The van der Waals surface area contributed by atoms with Gasteiger partial charge in [0.25, 0.3) is 0 Å². The van der Waals surface area contributed by atoms with Crippen molar-refractivity contribution in [1.82, 2.24) is 15.2 Å². The Morgan fingerprint density at radius 1 is 1.22 bits per heavy atom. The van der Waals surface area contributed by atoms with Gasteiger partial charge in [-0.25, -0.2) is 9.78 Å². The summed E-state index contributed by atoms with van der Waals surface area (Å²) in [4.78, 5) is 19.7. The van der Waals surface area contributed by atoms with Crippen molar-refractivity contribution in [3.05, 3.63) is 82.5 Å². The van der Waals surface area contributed by atoms with Gasteiger partial charge in [0.2, 0.25) is 0 Å². The molecule has 0 bridgehead atoms. The molecule has 1 fully saturated rings. The molecule has 9 heteroatoms. The van der Waals surface area contributed by atoms with Gasteiger partial charge >= 0.3 is 6.03 Å². The molecule has 194 valence electrons. The average Bonchev–Trinajstić information content (AvgIpc) is 3.61. The van der Waals surface area contributed by atoms with E-state index in [1.807, 2.05) is 48.7 Å². The summed E-state index contributed by atoms with van der Waals surface area (Å²) in [5.74, 6) is 0.862. The number of aryl methyl sites for hydroxylation is 1. The minimum Gasteiger partial charge on any atom is -0.465 e. The Hall–Kier alpha value is -3.40. The Morgan fingerprint density at radius 3 is 2.73 bits per heavy atom. The van der Waals surface area contributed by atoms with Crippen LogP contribution in [0.15, 0.2) is 77.5 Å². The number of hydrogen-bond donors (Lipinski definition) is 3. The molecule has 0 radical (unpaired) electrons. The lowest BCUT2D eigenvalue weighted by atomic mass is 10.0. The smallest absolute Gasteiger partial charge is 0.319 e. The van der Waals surface area contributed by atoms with Crippen molar-refractivity contribution >= 4 is 23.1 Å². The van der Waals surface area contributed by atoms with E-state index in [1.54, 1.807) is 17.6 Å². The Kier molecular flexibility index (Phi) is 8.03. The zero-order valence-electron chi connectivity index (χ0n) is 20.9. The van der Waals surface area contributed by atoms with E-state index in [-0.39, 0.29) is 5.76 Å². The second kappa shape index (κ2) is 11.8. The first-order valence-electron chi connectivity index (χ1n) is 12.7. The van der Waals surface area contributed by atoms with Crippen molar-refractivity contribution < 1.29 is 19.4 Å². The van der Waals surface area contributed by atoms with Crippen LogP contribution in [0.2, 0.25) is 0 Å². The number of amides is 2. The van der Waals surface area contributed by atoms with Crippen LogP contribution in [-0.2, 0) is 9.47 Å². The third-order valence-corrected chi connectivity index (χ3v) is 7.39. The van der Waals surface area contributed by atoms with Gasteiger partial charge in [0.05, 0.1) is 16.7 Å². The second-order valence-electron chi connectivity index (χ2n) is 9.39. The summed E-state index contributed by atoms with van der Waals surface area (Å²) in [7, 11) is 0. The second-order valence-corrected chi connectivity index (χ2v) is 10.4. The van der Waals surface area contributed by atoms with Crippen LogP contribution in [0.5, 0.6) is 0 Å². The van der Waals surface area contributed by atoms with Crippen LogP contribution in [0, 0.1) is 6.92 Å². The van der Waals surface area contributed by atoms with Crippen molar-refractivity contribution in [1.29, 1.82) is 0 Å². The summed E-state index contributed by atoms with van der Waals surface area (Å²) in [6.07, 6.45) is 11.9. The van der Waals surface area contributed by atoms with Crippen LogP contribution >= 0.6 is 11.3 Å². The highest BCUT2D eigenvalue weighted by Crippen LogP contribution is 2.28. The summed E-state index contributed by atoms with van der Waals surface area (Å²) in [5.41, 5.74) is 3.58. The minimum atomic E-state index is -1.08. The number of carbonyl (C=O) groups is 1. The van der Waals surface area contributed by atoms with Crippen molar-refractivity contribution in [2.24, 2.45) is 0 Å². The molecule has 3 N–H and O–H groups in total. The third-order valence-electron chi connectivity index (χ3n) is 6.62. The number of ether oxygens (including phenoxy) is 2. The minimum absolute atomic E-state index is 0.278. The zero-order chi connectivity index (χ0) is 25.6. The van der Waals surface area contributed by atoms with Gasteiger partial charge in [-0.05, 0) is 63.4 Å². The summed E-state index contributed by atoms with van der Waals surface area (Å²) in [5, 5.41) is 20.1. The van der Waals surface area contributed by atoms with E-state index in [1.165, 1.54) is 6.26 Å². The molecule has 2 aromatic rings. The van der Waals surface area contributed by atoms with Crippen LogP contribution in [0.3, 0.4) is 0 Å². The van der Waals surface area contributed by atoms with Crippen LogP contribution in [0.1, 0.15) is 30.7 Å². The fourth-order valence-electron chi connectivity index (χ4n) is 4.64. The number of rotatable bonds is 8. The molecule has 1 aliphatic carbocycles. The van der Waals surface area contributed by atoms with Gasteiger partial charge in [-0.3, -0.25) is 0 Å². The molecule has 1 aromatic heterocycles. The predicted octanol–water partition coefficient (Wildman–Crippen LogP) is 5.07. The molecular weight excluding hydrogens is 488 g/mol.